The maximum atomic E-state index is 9.69. The van der Waals surface area contributed by atoms with Crippen LogP contribution in [-0.4, -0.2) is 60.3 Å². The largest absolute Gasteiger partial charge is 0.507 e. The number of benzene rings is 2. The van der Waals surface area contributed by atoms with Crippen molar-refractivity contribution in [2.24, 2.45) is 9.98 Å². The molecule has 0 aliphatic carbocycles. The zero-order valence-corrected chi connectivity index (χ0v) is 14.5. The average Bonchev–Trinajstić information content (AvgIpc) is 2.63. The predicted octanol–water partition coefficient (Wildman–Crippen LogP) is 2.96. The van der Waals surface area contributed by atoms with Gasteiger partial charge in [0.25, 0.3) is 0 Å². The van der Waals surface area contributed by atoms with Crippen molar-refractivity contribution in [3.8, 4) is 11.5 Å². The number of phenolic OH excluding ortho intramolecular Hbond substituents is 2. The van der Waals surface area contributed by atoms with Crippen LogP contribution in [-0.2, 0) is 0 Å². The number of para-hydroxylation sites is 2. The van der Waals surface area contributed by atoms with Crippen LogP contribution in [0.25, 0.3) is 0 Å². The van der Waals surface area contributed by atoms with Crippen LogP contribution < -0.4 is 0 Å². The normalized spacial score (nSPS) is 11.8. The van der Waals surface area contributed by atoms with Crippen molar-refractivity contribution < 1.29 is 10.2 Å². The van der Waals surface area contributed by atoms with E-state index in [-0.39, 0.29) is 11.5 Å². The van der Waals surface area contributed by atoms with E-state index in [0.29, 0.717) is 13.1 Å². The van der Waals surface area contributed by atoms with Gasteiger partial charge >= 0.3 is 0 Å². The van der Waals surface area contributed by atoms with E-state index in [0.717, 1.165) is 30.8 Å². The molecular weight excluding hydrogens is 314 g/mol. The van der Waals surface area contributed by atoms with Gasteiger partial charge < -0.3 is 10.2 Å². The van der Waals surface area contributed by atoms with E-state index in [9.17, 15) is 10.2 Å². The molecule has 0 amide bonds. The van der Waals surface area contributed by atoms with Crippen molar-refractivity contribution in [2.45, 2.75) is 6.92 Å². The van der Waals surface area contributed by atoms with E-state index < -0.39 is 0 Å². The van der Waals surface area contributed by atoms with Crippen LogP contribution in [0.2, 0.25) is 0 Å². The Labute approximate surface area is 149 Å². The van der Waals surface area contributed by atoms with Crippen LogP contribution in [0.1, 0.15) is 18.1 Å². The minimum absolute atomic E-state index is 0.247. The third-order valence-electron chi connectivity index (χ3n) is 3.87. The summed E-state index contributed by atoms with van der Waals surface area (Å²) in [5.41, 5.74) is 1.47. The molecule has 0 unspecified atom stereocenters. The smallest absolute Gasteiger partial charge is 0.124 e. The Hall–Kier alpha value is -2.66. The second-order valence-corrected chi connectivity index (χ2v) is 5.62. The highest BCUT2D eigenvalue weighted by Gasteiger charge is 2.01. The summed E-state index contributed by atoms with van der Waals surface area (Å²) in [6.45, 7) is 6.06. The molecule has 0 saturated heterocycles. The molecule has 5 nitrogen and oxygen atoms in total. The van der Waals surface area contributed by atoms with Crippen molar-refractivity contribution >= 4 is 12.4 Å². The zero-order chi connectivity index (χ0) is 17.9. The monoisotopic (exact) mass is 339 g/mol. The summed E-state index contributed by atoms with van der Waals surface area (Å²) < 4.78 is 0. The highest BCUT2D eigenvalue weighted by atomic mass is 16.3. The molecule has 2 rings (SSSR count). The fourth-order valence-electron chi connectivity index (χ4n) is 2.35. The first-order valence-electron chi connectivity index (χ1n) is 8.48. The van der Waals surface area contributed by atoms with Gasteiger partial charge in [-0.2, -0.15) is 0 Å². The fraction of sp³-hybridized carbons (Fsp3) is 0.300. The number of rotatable bonds is 9. The summed E-state index contributed by atoms with van der Waals surface area (Å²) in [5.74, 6) is 0.495. The highest BCUT2D eigenvalue weighted by molar-refractivity contribution is 5.83. The van der Waals surface area contributed by atoms with Crippen LogP contribution >= 0.6 is 0 Å². The maximum Gasteiger partial charge on any atom is 0.124 e. The maximum absolute atomic E-state index is 9.69. The summed E-state index contributed by atoms with van der Waals surface area (Å²) in [5, 5.41) is 19.4. The van der Waals surface area contributed by atoms with Gasteiger partial charge in [-0.25, -0.2) is 0 Å². The van der Waals surface area contributed by atoms with Gasteiger partial charge in [-0.05, 0) is 30.8 Å². The van der Waals surface area contributed by atoms with Gasteiger partial charge in [-0.1, -0.05) is 31.2 Å². The molecule has 0 saturated carbocycles. The first kappa shape index (κ1) is 18.7. The van der Waals surface area contributed by atoms with Gasteiger partial charge in [0, 0.05) is 36.6 Å². The molecule has 0 fully saturated rings. The molecule has 0 heterocycles. The lowest BCUT2D eigenvalue weighted by Crippen LogP contribution is -2.28. The zero-order valence-electron chi connectivity index (χ0n) is 14.5. The van der Waals surface area contributed by atoms with Crippen LogP contribution in [0.3, 0.4) is 0 Å². The number of likely N-dealkylation sites (N-methyl/N-ethyl adjacent to an activating group) is 1. The predicted molar refractivity (Wildman–Crippen MR) is 103 cm³/mol. The van der Waals surface area contributed by atoms with Gasteiger partial charge in [0.2, 0.25) is 0 Å². The molecule has 0 atom stereocenters. The molecule has 0 aromatic heterocycles. The lowest BCUT2D eigenvalue weighted by atomic mass is 10.2. The lowest BCUT2D eigenvalue weighted by molar-refractivity contribution is 0.305. The second kappa shape index (κ2) is 10.3. The summed E-state index contributed by atoms with van der Waals surface area (Å²) in [4.78, 5) is 11.0. The molecule has 132 valence electrons. The molecule has 0 bridgehead atoms. The Morgan fingerprint density at radius 1 is 0.800 bits per heavy atom. The molecule has 2 aromatic carbocycles. The SMILES string of the molecule is CCN(CCN=Cc1ccccc1O)CCN=Cc1ccccc1O. The van der Waals surface area contributed by atoms with Crippen LogP contribution in [0.4, 0.5) is 0 Å². The van der Waals surface area contributed by atoms with Crippen molar-refractivity contribution in [1.82, 2.24) is 4.90 Å². The Bertz CT molecular complexity index is 654. The standard InChI is InChI=1S/C20H25N3O2/c1-2-23(13-11-21-15-17-7-3-5-9-19(17)24)14-12-22-16-18-8-4-6-10-20(18)25/h3-10,15-16,24-25H,2,11-14H2,1H3. The van der Waals surface area contributed by atoms with Crippen molar-refractivity contribution in [1.29, 1.82) is 0 Å². The van der Waals surface area contributed by atoms with Crippen molar-refractivity contribution in [2.75, 3.05) is 32.7 Å². The molecular formula is C20H25N3O2. The van der Waals surface area contributed by atoms with Gasteiger partial charge in [-0.3, -0.25) is 14.9 Å². The number of hydrogen-bond acceptors (Lipinski definition) is 5. The third-order valence-corrected chi connectivity index (χ3v) is 3.87. The Kier molecular flexibility index (Phi) is 7.66. The topological polar surface area (TPSA) is 68.4 Å². The van der Waals surface area contributed by atoms with Gasteiger partial charge in [0.1, 0.15) is 11.5 Å². The molecule has 2 N–H and O–H groups in total. The molecule has 0 aliphatic heterocycles. The highest BCUT2D eigenvalue weighted by Crippen LogP contribution is 2.13. The fourth-order valence-corrected chi connectivity index (χ4v) is 2.35. The van der Waals surface area contributed by atoms with Crippen LogP contribution in [0.5, 0.6) is 11.5 Å². The average molecular weight is 339 g/mol. The number of nitrogens with zero attached hydrogens (tertiary/aromatic N) is 3. The van der Waals surface area contributed by atoms with E-state index in [2.05, 4.69) is 21.8 Å². The van der Waals surface area contributed by atoms with Crippen LogP contribution in [0, 0.1) is 0 Å². The second-order valence-electron chi connectivity index (χ2n) is 5.62. The Morgan fingerprint density at radius 3 is 1.64 bits per heavy atom. The third kappa shape index (κ3) is 6.39. The van der Waals surface area contributed by atoms with Gasteiger partial charge in [0.05, 0.1) is 13.1 Å². The minimum Gasteiger partial charge on any atom is -0.507 e. The number of aromatic hydroxyl groups is 2. The van der Waals surface area contributed by atoms with Gasteiger partial charge in [-0.15, -0.1) is 0 Å². The minimum atomic E-state index is 0.247. The quantitative estimate of drug-likeness (QED) is 0.690. The van der Waals surface area contributed by atoms with E-state index in [1.807, 2.05) is 24.3 Å². The first-order valence-corrected chi connectivity index (χ1v) is 8.48. The molecule has 25 heavy (non-hydrogen) atoms. The molecule has 2 aromatic rings. The summed E-state index contributed by atoms with van der Waals surface area (Å²) in [6.07, 6.45) is 3.42. The molecule has 0 spiro atoms. The molecule has 0 aliphatic rings. The van der Waals surface area contributed by atoms with E-state index in [1.165, 1.54) is 0 Å². The number of phenols is 2. The lowest BCUT2D eigenvalue weighted by Gasteiger charge is -2.17. The molecule has 0 radical (unpaired) electrons. The van der Waals surface area contributed by atoms with Crippen molar-refractivity contribution in [3.05, 3.63) is 59.7 Å². The number of aliphatic imine (C=N–C) groups is 2. The van der Waals surface area contributed by atoms with E-state index in [4.69, 9.17) is 0 Å². The molecule has 5 heteroatoms. The summed E-state index contributed by atoms with van der Waals surface area (Å²) in [6, 6.07) is 14.3. The Morgan fingerprint density at radius 2 is 1.24 bits per heavy atom. The van der Waals surface area contributed by atoms with Gasteiger partial charge in [0.15, 0.2) is 0 Å². The van der Waals surface area contributed by atoms with E-state index >= 15 is 0 Å². The van der Waals surface area contributed by atoms with Crippen molar-refractivity contribution in [3.63, 3.8) is 0 Å². The summed E-state index contributed by atoms with van der Waals surface area (Å²) >= 11 is 0. The number of hydrogen-bond donors (Lipinski definition) is 2. The summed E-state index contributed by atoms with van der Waals surface area (Å²) in [7, 11) is 0. The Balaban J connectivity index is 1.73. The van der Waals surface area contributed by atoms with Crippen LogP contribution in [0.15, 0.2) is 58.5 Å². The first-order chi connectivity index (χ1) is 12.2. The van der Waals surface area contributed by atoms with E-state index in [1.54, 1.807) is 36.7 Å².